The molecule has 1 aliphatic heterocycles. The van der Waals surface area contributed by atoms with Crippen LogP contribution in [0.5, 0.6) is 5.75 Å². The molecule has 0 radical (unpaired) electrons. The van der Waals surface area contributed by atoms with E-state index in [4.69, 9.17) is 4.74 Å². The summed E-state index contributed by atoms with van der Waals surface area (Å²) in [7, 11) is 2.05. The third kappa shape index (κ3) is 6.35. The first-order valence-corrected chi connectivity index (χ1v) is 8.96. The van der Waals surface area contributed by atoms with Crippen LogP contribution < -0.4 is 10.1 Å². The molecular formula is C21H29ClN2O. The molecule has 1 atom stereocenters. The molecule has 136 valence electrons. The minimum atomic E-state index is 0. The first kappa shape index (κ1) is 19.8. The monoisotopic (exact) mass is 360 g/mol. The Labute approximate surface area is 157 Å². The molecule has 1 unspecified atom stereocenters. The molecule has 0 aliphatic carbocycles. The number of ether oxygens (including phenoxy) is 1. The Bertz CT molecular complexity index is 601. The van der Waals surface area contributed by atoms with Crippen molar-refractivity contribution in [3.63, 3.8) is 0 Å². The van der Waals surface area contributed by atoms with Crippen LogP contribution in [0.2, 0.25) is 0 Å². The van der Waals surface area contributed by atoms with Crippen LogP contribution in [0.25, 0.3) is 0 Å². The summed E-state index contributed by atoms with van der Waals surface area (Å²) in [5.41, 5.74) is 2.57. The number of benzene rings is 2. The van der Waals surface area contributed by atoms with Crippen LogP contribution in [0.15, 0.2) is 54.6 Å². The molecule has 2 aromatic carbocycles. The van der Waals surface area contributed by atoms with Gasteiger partial charge in [-0.2, -0.15) is 0 Å². The van der Waals surface area contributed by atoms with Crippen LogP contribution in [0.4, 0.5) is 0 Å². The number of nitrogens with zero attached hydrogens (tertiary/aromatic N) is 1. The summed E-state index contributed by atoms with van der Waals surface area (Å²) in [6, 6.07) is 18.9. The van der Waals surface area contributed by atoms with Crippen LogP contribution in [0.3, 0.4) is 0 Å². The van der Waals surface area contributed by atoms with Gasteiger partial charge in [0.1, 0.15) is 12.4 Å². The van der Waals surface area contributed by atoms with Crippen molar-refractivity contribution in [2.75, 3.05) is 26.7 Å². The molecule has 1 saturated heterocycles. The van der Waals surface area contributed by atoms with Crippen molar-refractivity contribution >= 4 is 12.4 Å². The van der Waals surface area contributed by atoms with Crippen molar-refractivity contribution in [3.8, 4) is 5.75 Å². The third-order valence-electron chi connectivity index (χ3n) is 4.67. The molecule has 4 heteroatoms. The van der Waals surface area contributed by atoms with E-state index in [1.165, 1.54) is 37.1 Å². The van der Waals surface area contributed by atoms with Crippen molar-refractivity contribution in [1.82, 2.24) is 10.2 Å². The van der Waals surface area contributed by atoms with Crippen molar-refractivity contribution in [2.45, 2.75) is 26.0 Å². The Morgan fingerprint density at radius 2 is 1.80 bits per heavy atom. The molecule has 1 heterocycles. The minimum absolute atomic E-state index is 0. The SMILES string of the molecule is CNCC1CCCN(Cc2ccc(OCc3ccccc3)cc2)C1.Cl. The van der Waals surface area contributed by atoms with Gasteiger partial charge in [0.2, 0.25) is 0 Å². The number of piperidine rings is 1. The zero-order valence-electron chi connectivity index (χ0n) is 15.0. The van der Waals surface area contributed by atoms with Gasteiger partial charge in [0.25, 0.3) is 0 Å². The number of halogens is 1. The lowest BCUT2D eigenvalue weighted by Gasteiger charge is -2.32. The van der Waals surface area contributed by atoms with E-state index in [1.54, 1.807) is 0 Å². The predicted molar refractivity (Wildman–Crippen MR) is 106 cm³/mol. The predicted octanol–water partition coefficient (Wildman–Crippen LogP) is 4.12. The highest BCUT2D eigenvalue weighted by Crippen LogP contribution is 2.20. The van der Waals surface area contributed by atoms with Crippen LogP contribution >= 0.6 is 12.4 Å². The fourth-order valence-corrected chi connectivity index (χ4v) is 3.44. The molecule has 1 N–H and O–H groups in total. The first-order valence-electron chi connectivity index (χ1n) is 8.96. The largest absolute Gasteiger partial charge is 0.489 e. The lowest BCUT2D eigenvalue weighted by atomic mass is 9.97. The van der Waals surface area contributed by atoms with Crippen LogP contribution in [-0.2, 0) is 13.2 Å². The van der Waals surface area contributed by atoms with Crippen LogP contribution in [0.1, 0.15) is 24.0 Å². The molecule has 0 aromatic heterocycles. The smallest absolute Gasteiger partial charge is 0.119 e. The van der Waals surface area contributed by atoms with E-state index in [9.17, 15) is 0 Å². The zero-order chi connectivity index (χ0) is 16.6. The summed E-state index contributed by atoms with van der Waals surface area (Å²) in [5, 5.41) is 3.31. The van der Waals surface area contributed by atoms with Gasteiger partial charge in [-0.1, -0.05) is 42.5 Å². The quantitative estimate of drug-likeness (QED) is 0.803. The molecular weight excluding hydrogens is 332 g/mol. The minimum Gasteiger partial charge on any atom is -0.489 e. The summed E-state index contributed by atoms with van der Waals surface area (Å²) >= 11 is 0. The normalized spacial score (nSPS) is 17.7. The van der Waals surface area contributed by atoms with Gasteiger partial charge < -0.3 is 10.1 Å². The van der Waals surface area contributed by atoms with Crippen molar-refractivity contribution in [1.29, 1.82) is 0 Å². The van der Waals surface area contributed by atoms with Crippen molar-refractivity contribution < 1.29 is 4.74 Å². The molecule has 25 heavy (non-hydrogen) atoms. The van der Waals surface area contributed by atoms with Crippen LogP contribution in [0, 0.1) is 5.92 Å². The van der Waals surface area contributed by atoms with E-state index in [0.717, 1.165) is 24.8 Å². The Balaban J connectivity index is 0.00000225. The highest BCUT2D eigenvalue weighted by molar-refractivity contribution is 5.85. The number of likely N-dealkylation sites (tertiary alicyclic amines) is 1. The van der Waals surface area contributed by atoms with E-state index in [1.807, 2.05) is 25.2 Å². The second kappa shape index (κ2) is 10.4. The summed E-state index contributed by atoms with van der Waals surface area (Å²) in [6.07, 6.45) is 2.66. The van der Waals surface area contributed by atoms with E-state index in [2.05, 4.69) is 46.6 Å². The van der Waals surface area contributed by atoms with Crippen LogP contribution in [-0.4, -0.2) is 31.6 Å². The van der Waals surface area contributed by atoms with Gasteiger partial charge in [-0.15, -0.1) is 12.4 Å². The molecule has 0 amide bonds. The number of rotatable bonds is 7. The molecule has 0 bridgehead atoms. The maximum absolute atomic E-state index is 5.86. The van der Waals surface area contributed by atoms with E-state index < -0.39 is 0 Å². The highest BCUT2D eigenvalue weighted by Gasteiger charge is 2.19. The Morgan fingerprint density at radius 1 is 1.04 bits per heavy atom. The summed E-state index contributed by atoms with van der Waals surface area (Å²) in [6.45, 7) is 5.21. The molecule has 1 aliphatic rings. The lowest BCUT2D eigenvalue weighted by Crippen LogP contribution is -2.38. The van der Waals surface area contributed by atoms with Gasteiger partial charge in [-0.05, 0) is 62.2 Å². The fourth-order valence-electron chi connectivity index (χ4n) is 3.44. The maximum atomic E-state index is 5.86. The molecule has 1 fully saturated rings. The van der Waals surface area contributed by atoms with Crippen molar-refractivity contribution in [2.24, 2.45) is 5.92 Å². The highest BCUT2D eigenvalue weighted by atomic mass is 35.5. The molecule has 0 spiro atoms. The molecule has 3 rings (SSSR count). The summed E-state index contributed by atoms with van der Waals surface area (Å²) in [5.74, 6) is 1.73. The first-order chi connectivity index (χ1) is 11.8. The number of hydrogen-bond donors (Lipinski definition) is 1. The summed E-state index contributed by atoms with van der Waals surface area (Å²) < 4.78 is 5.86. The molecule has 0 saturated carbocycles. The van der Waals surface area contributed by atoms with E-state index >= 15 is 0 Å². The van der Waals surface area contributed by atoms with E-state index in [0.29, 0.717) is 6.61 Å². The summed E-state index contributed by atoms with van der Waals surface area (Å²) in [4.78, 5) is 2.57. The Morgan fingerprint density at radius 3 is 2.52 bits per heavy atom. The second-order valence-electron chi connectivity index (χ2n) is 6.72. The number of nitrogens with one attached hydrogen (secondary N) is 1. The molecule has 2 aromatic rings. The van der Waals surface area contributed by atoms with Gasteiger partial charge in [-0.25, -0.2) is 0 Å². The fraction of sp³-hybridized carbons (Fsp3) is 0.429. The van der Waals surface area contributed by atoms with Gasteiger partial charge in [0.15, 0.2) is 0 Å². The maximum Gasteiger partial charge on any atom is 0.119 e. The molecule has 3 nitrogen and oxygen atoms in total. The Hall–Kier alpha value is -1.55. The van der Waals surface area contributed by atoms with Gasteiger partial charge in [-0.3, -0.25) is 4.90 Å². The topological polar surface area (TPSA) is 24.5 Å². The standard InChI is InChI=1S/C21H28N2O.ClH/c1-22-14-20-8-5-13-23(16-20)15-18-9-11-21(12-10-18)24-17-19-6-3-2-4-7-19;/h2-4,6-7,9-12,20,22H,5,8,13-17H2,1H3;1H. The van der Waals surface area contributed by atoms with E-state index in [-0.39, 0.29) is 12.4 Å². The van der Waals surface area contributed by atoms with Gasteiger partial charge in [0.05, 0.1) is 0 Å². The lowest BCUT2D eigenvalue weighted by molar-refractivity contribution is 0.167. The average molecular weight is 361 g/mol. The van der Waals surface area contributed by atoms with Gasteiger partial charge in [0, 0.05) is 13.1 Å². The average Bonchev–Trinajstić information content (AvgIpc) is 2.63. The zero-order valence-corrected chi connectivity index (χ0v) is 15.8. The van der Waals surface area contributed by atoms with Gasteiger partial charge >= 0.3 is 0 Å². The second-order valence-corrected chi connectivity index (χ2v) is 6.72. The number of hydrogen-bond acceptors (Lipinski definition) is 3. The third-order valence-corrected chi connectivity index (χ3v) is 4.67. The Kier molecular flexibility index (Phi) is 8.26. The van der Waals surface area contributed by atoms with Crippen molar-refractivity contribution in [3.05, 3.63) is 65.7 Å².